The van der Waals surface area contributed by atoms with Gasteiger partial charge in [-0.25, -0.2) is 4.98 Å². The van der Waals surface area contributed by atoms with Gasteiger partial charge in [0.15, 0.2) is 5.13 Å². The fraction of sp³-hybridized carbons (Fsp3) is 0.679. The normalized spacial score (nSPS) is 20.0. The van der Waals surface area contributed by atoms with Crippen LogP contribution in [0.4, 0.5) is 5.13 Å². The number of aliphatic hydroxyl groups excluding tert-OH is 2. The van der Waals surface area contributed by atoms with Gasteiger partial charge in [0.05, 0.1) is 12.3 Å². The number of hydrogen-bond acceptors (Lipinski definition) is 6. The van der Waals surface area contributed by atoms with E-state index in [1.807, 2.05) is 0 Å². The minimum atomic E-state index is 0.198. The minimum absolute atomic E-state index is 0.198. The Bertz CT molecular complexity index is 947. The second kappa shape index (κ2) is 10.7. The Morgan fingerprint density at radius 2 is 1.68 bits per heavy atom. The van der Waals surface area contributed by atoms with E-state index in [9.17, 15) is 5.11 Å². The second-order valence-electron chi connectivity index (χ2n) is 11.5. The Labute approximate surface area is 209 Å². The monoisotopic (exact) mass is 485 g/mol. The van der Waals surface area contributed by atoms with Crippen LogP contribution in [0, 0.1) is 0 Å². The molecule has 0 radical (unpaired) electrons. The minimum Gasteiger partial charge on any atom is -0.396 e. The molecule has 1 aromatic heterocycles. The number of fused-ring (bicyclic) bond motifs is 1. The Morgan fingerprint density at radius 3 is 2.35 bits per heavy atom. The zero-order valence-corrected chi connectivity index (χ0v) is 22.3. The fourth-order valence-corrected chi connectivity index (χ4v) is 6.63. The zero-order chi connectivity index (χ0) is 24.3. The van der Waals surface area contributed by atoms with Gasteiger partial charge < -0.3 is 15.1 Å². The third-order valence-corrected chi connectivity index (χ3v) is 9.03. The molecule has 188 valence electrons. The first-order chi connectivity index (χ1) is 16.2. The van der Waals surface area contributed by atoms with E-state index in [0.29, 0.717) is 6.04 Å². The van der Waals surface area contributed by atoms with E-state index in [0.717, 1.165) is 62.7 Å². The molecule has 6 heteroatoms. The summed E-state index contributed by atoms with van der Waals surface area (Å²) in [5.74, 6) is 0. The summed E-state index contributed by atoms with van der Waals surface area (Å²) >= 11 is 1.76. The molecule has 0 saturated carbocycles. The summed E-state index contributed by atoms with van der Waals surface area (Å²) in [5.41, 5.74) is 5.76. The van der Waals surface area contributed by atoms with E-state index in [1.54, 1.807) is 11.3 Å². The van der Waals surface area contributed by atoms with E-state index in [-0.39, 0.29) is 24.0 Å². The highest BCUT2D eigenvalue weighted by Crippen LogP contribution is 2.47. The topological polar surface area (TPSA) is 59.8 Å². The van der Waals surface area contributed by atoms with E-state index < -0.39 is 0 Å². The number of unbranched alkanes of at least 4 members (excludes halogenated alkanes) is 1. The Kier molecular flexibility index (Phi) is 8.02. The van der Waals surface area contributed by atoms with Gasteiger partial charge in [0, 0.05) is 43.2 Å². The highest BCUT2D eigenvalue weighted by atomic mass is 32.1. The number of benzene rings is 1. The molecule has 2 N–H and O–H groups in total. The number of rotatable bonds is 9. The summed E-state index contributed by atoms with van der Waals surface area (Å²) in [6.45, 7) is 13.6. The summed E-state index contributed by atoms with van der Waals surface area (Å²) in [6.07, 6.45) is 6.47. The number of thiazole rings is 1. The summed E-state index contributed by atoms with van der Waals surface area (Å²) in [7, 11) is 0. The summed E-state index contributed by atoms with van der Waals surface area (Å²) in [4.78, 5) is 9.91. The molecule has 1 fully saturated rings. The molecule has 0 bridgehead atoms. The van der Waals surface area contributed by atoms with Gasteiger partial charge in [0.25, 0.3) is 0 Å². The van der Waals surface area contributed by atoms with Crippen molar-refractivity contribution in [2.45, 2.75) is 83.1 Å². The number of piperidine rings is 1. The van der Waals surface area contributed by atoms with Crippen molar-refractivity contribution in [3.8, 4) is 11.3 Å². The summed E-state index contributed by atoms with van der Waals surface area (Å²) in [5, 5.41) is 21.9. The van der Waals surface area contributed by atoms with Crippen LogP contribution in [0.5, 0.6) is 0 Å². The average Bonchev–Trinajstić information content (AvgIpc) is 3.32. The first-order valence-electron chi connectivity index (χ1n) is 13.1. The third kappa shape index (κ3) is 5.51. The quantitative estimate of drug-likeness (QED) is 0.479. The molecule has 2 aromatic rings. The Balaban J connectivity index is 1.44. The van der Waals surface area contributed by atoms with Crippen molar-refractivity contribution >= 4 is 16.5 Å². The smallest absolute Gasteiger partial charge is 0.185 e. The van der Waals surface area contributed by atoms with Crippen LogP contribution in [-0.2, 0) is 10.8 Å². The molecule has 5 nitrogen and oxygen atoms in total. The van der Waals surface area contributed by atoms with E-state index in [1.165, 1.54) is 29.5 Å². The second-order valence-corrected chi connectivity index (χ2v) is 12.3. The number of hydrogen-bond donors (Lipinski definition) is 2. The molecule has 0 amide bonds. The van der Waals surface area contributed by atoms with Crippen molar-refractivity contribution in [2.24, 2.45) is 0 Å². The van der Waals surface area contributed by atoms with Gasteiger partial charge in [-0.2, -0.15) is 0 Å². The standard InChI is InChI=1S/C28H43N3O2S/c1-27(2)11-12-28(3,4)24-19-21(7-8-23(24)27)25-20-34-26(29-25)31-14-9-22(10-15-31)30(16-18-33)13-5-6-17-32/h7-8,19-20,22,32-33H,5-6,9-18H2,1-4H3. The predicted octanol–water partition coefficient (Wildman–Crippen LogP) is 5.19. The van der Waals surface area contributed by atoms with E-state index in [2.05, 4.69) is 61.1 Å². The van der Waals surface area contributed by atoms with Crippen LogP contribution in [-0.4, -0.2) is 65.5 Å². The van der Waals surface area contributed by atoms with E-state index in [4.69, 9.17) is 10.1 Å². The Morgan fingerprint density at radius 1 is 0.971 bits per heavy atom. The first-order valence-corrected chi connectivity index (χ1v) is 13.9. The Hall–Kier alpha value is -1.47. The lowest BCUT2D eigenvalue weighted by Crippen LogP contribution is -2.46. The number of anilines is 1. The molecule has 2 heterocycles. The van der Waals surface area contributed by atoms with Crippen LogP contribution in [0.15, 0.2) is 23.6 Å². The largest absolute Gasteiger partial charge is 0.396 e. The van der Waals surface area contributed by atoms with Gasteiger partial charge in [-0.15, -0.1) is 11.3 Å². The van der Waals surface area contributed by atoms with Gasteiger partial charge in [0.2, 0.25) is 0 Å². The number of aromatic nitrogens is 1. The average molecular weight is 486 g/mol. The van der Waals surface area contributed by atoms with Crippen LogP contribution in [0.2, 0.25) is 0 Å². The lowest BCUT2D eigenvalue weighted by molar-refractivity contribution is 0.128. The molecule has 1 aromatic carbocycles. The zero-order valence-electron chi connectivity index (χ0n) is 21.5. The van der Waals surface area contributed by atoms with Crippen molar-refractivity contribution in [3.63, 3.8) is 0 Å². The molecule has 2 aliphatic rings. The molecule has 34 heavy (non-hydrogen) atoms. The molecule has 4 rings (SSSR count). The van der Waals surface area contributed by atoms with Crippen molar-refractivity contribution in [1.82, 2.24) is 9.88 Å². The molecule has 1 saturated heterocycles. The van der Waals surface area contributed by atoms with Gasteiger partial charge in [-0.3, -0.25) is 4.90 Å². The number of aliphatic hydroxyl groups is 2. The van der Waals surface area contributed by atoms with Gasteiger partial charge in [0.1, 0.15) is 0 Å². The SMILES string of the molecule is CC1(C)CCC(C)(C)c2cc(-c3csc(N4CCC(N(CCO)CCCCO)CC4)n3)ccc21. The van der Waals surface area contributed by atoms with Gasteiger partial charge in [-0.1, -0.05) is 39.8 Å². The van der Waals surface area contributed by atoms with Crippen LogP contribution in [0.25, 0.3) is 11.3 Å². The molecule has 0 unspecified atom stereocenters. The van der Waals surface area contributed by atoms with Crippen molar-refractivity contribution in [2.75, 3.05) is 44.3 Å². The molecular formula is C28H43N3O2S. The lowest BCUT2D eigenvalue weighted by Gasteiger charge is -2.42. The molecule has 1 aliphatic carbocycles. The maximum Gasteiger partial charge on any atom is 0.185 e. The number of nitrogens with zero attached hydrogens (tertiary/aromatic N) is 3. The van der Waals surface area contributed by atoms with Gasteiger partial charge in [-0.05, 0) is 73.1 Å². The molecule has 0 atom stereocenters. The van der Waals surface area contributed by atoms with Crippen molar-refractivity contribution in [3.05, 3.63) is 34.7 Å². The molecule has 1 aliphatic heterocycles. The highest BCUT2D eigenvalue weighted by Gasteiger charge is 2.37. The van der Waals surface area contributed by atoms with Crippen molar-refractivity contribution in [1.29, 1.82) is 0 Å². The summed E-state index contributed by atoms with van der Waals surface area (Å²) < 4.78 is 0. The van der Waals surface area contributed by atoms with Crippen LogP contribution < -0.4 is 4.90 Å². The van der Waals surface area contributed by atoms with Crippen LogP contribution in [0.3, 0.4) is 0 Å². The summed E-state index contributed by atoms with van der Waals surface area (Å²) in [6, 6.07) is 7.53. The molecule has 0 spiro atoms. The maximum atomic E-state index is 9.49. The lowest BCUT2D eigenvalue weighted by atomic mass is 9.63. The first kappa shape index (κ1) is 25.6. The predicted molar refractivity (Wildman–Crippen MR) is 143 cm³/mol. The molecular weight excluding hydrogens is 442 g/mol. The van der Waals surface area contributed by atoms with E-state index >= 15 is 0 Å². The van der Waals surface area contributed by atoms with Crippen LogP contribution in [0.1, 0.15) is 77.3 Å². The van der Waals surface area contributed by atoms with Crippen molar-refractivity contribution < 1.29 is 10.2 Å². The fourth-order valence-electron chi connectivity index (χ4n) is 5.74. The van der Waals surface area contributed by atoms with Gasteiger partial charge >= 0.3 is 0 Å². The third-order valence-electron chi connectivity index (χ3n) is 8.13. The highest BCUT2D eigenvalue weighted by molar-refractivity contribution is 7.14. The maximum absolute atomic E-state index is 9.49. The van der Waals surface area contributed by atoms with Crippen LogP contribution >= 0.6 is 11.3 Å².